The van der Waals surface area contributed by atoms with Gasteiger partial charge in [-0.1, -0.05) is 0 Å². The molecule has 0 saturated carbocycles. The number of likely N-dealkylation sites (N-methyl/N-ethyl adjacent to an activating group) is 1. The van der Waals surface area contributed by atoms with Crippen LogP contribution in [0.5, 0.6) is 0 Å². The maximum Gasteiger partial charge on any atom is 0.151 e. The molecule has 0 spiro atoms. The van der Waals surface area contributed by atoms with Crippen molar-refractivity contribution in [1.29, 1.82) is 0 Å². The van der Waals surface area contributed by atoms with Crippen molar-refractivity contribution < 1.29 is 4.74 Å². The standard InChI is InChI=1S/C17H28N4O/c1-14-8-9-17(19-18-14)21-10-5-6-15(12-21)20(2)13-16-7-3-4-11-22-16/h8-9,15-16H,3-7,10-13H2,1-2H3/t15-,16-/m1/s1. The summed E-state index contributed by atoms with van der Waals surface area (Å²) in [6, 6.07) is 4.72. The molecule has 0 amide bonds. The third-order valence-electron chi connectivity index (χ3n) is 4.89. The molecule has 0 aromatic carbocycles. The summed E-state index contributed by atoms with van der Waals surface area (Å²) >= 11 is 0. The second-order valence-corrected chi connectivity index (χ2v) is 6.70. The lowest BCUT2D eigenvalue weighted by Gasteiger charge is -2.39. The average molecular weight is 304 g/mol. The summed E-state index contributed by atoms with van der Waals surface area (Å²) in [5, 5.41) is 8.54. The molecule has 0 radical (unpaired) electrons. The Morgan fingerprint density at radius 2 is 2.14 bits per heavy atom. The molecule has 2 aliphatic rings. The van der Waals surface area contributed by atoms with Crippen LogP contribution >= 0.6 is 0 Å². The molecule has 3 heterocycles. The van der Waals surface area contributed by atoms with E-state index < -0.39 is 0 Å². The molecule has 5 heteroatoms. The van der Waals surface area contributed by atoms with Crippen molar-refractivity contribution >= 4 is 5.82 Å². The normalized spacial score (nSPS) is 26.4. The SMILES string of the molecule is Cc1ccc(N2CCC[C@@H](N(C)C[C@H]3CCCCO3)C2)nn1. The topological polar surface area (TPSA) is 41.5 Å². The van der Waals surface area contributed by atoms with Crippen LogP contribution in [0, 0.1) is 6.92 Å². The van der Waals surface area contributed by atoms with Crippen molar-refractivity contribution in [3.8, 4) is 0 Å². The summed E-state index contributed by atoms with van der Waals surface area (Å²) in [5.41, 5.74) is 0.976. The van der Waals surface area contributed by atoms with Gasteiger partial charge in [0.2, 0.25) is 0 Å². The average Bonchev–Trinajstić information content (AvgIpc) is 2.56. The van der Waals surface area contributed by atoms with Gasteiger partial charge in [0.15, 0.2) is 5.82 Å². The Kier molecular flexibility index (Phi) is 5.26. The van der Waals surface area contributed by atoms with Gasteiger partial charge in [0.05, 0.1) is 11.8 Å². The molecular formula is C17H28N4O. The van der Waals surface area contributed by atoms with E-state index in [9.17, 15) is 0 Å². The minimum Gasteiger partial charge on any atom is -0.377 e. The van der Waals surface area contributed by atoms with E-state index in [-0.39, 0.29) is 0 Å². The van der Waals surface area contributed by atoms with Gasteiger partial charge in [0.25, 0.3) is 0 Å². The zero-order chi connectivity index (χ0) is 15.4. The number of ether oxygens (including phenoxy) is 1. The number of aromatic nitrogens is 2. The minimum atomic E-state index is 0.424. The highest BCUT2D eigenvalue weighted by Gasteiger charge is 2.26. The Bertz CT molecular complexity index is 458. The van der Waals surface area contributed by atoms with Gasteiger partial charge in [-0.05, 0) is 58.2 Å². The monoisotopic (exact) mass is 304 g/mol. The summed E-state index contributed by atoms with van der Waals surface area (Å²) in [7, 11) is 2.24. The zero-order valence-electron chi connectivity index (χ0n) is 13.9. The van der Waals surface area contributed by atoms with E-state index in [0.717, 1.165) is 37.8 Å². The Balaban J connectivity index is 1.56. The van der Waals surface area contributed by atoms with Gasteiger partial charge in [-0.3, -0.25) is 4.90 Å². The van der Waals surface area contributed by atoms with E-state index in [4.69, 9.17) is 4.74 Å². The predicted molar refractivity (Wildman–Crippen MR) is 88.2 cm³/mol. The molecule has 0 bridgehead atoms. The summed E-state index contributed by atoms with van der Waals surface area (Å²) in [6.45, 7) is 6.10. The summed E-state index contributed by atoms with van der Waals surface area (Å²) in [5.74, 6) is 1.01. The Hall–Kier alpha value is -1.20. The predicted octanol–water partition coefficient (Wildman–Crippen LogP) is 2.25. The smallest absolute Gasteiger partial charge is 0.151 e. The van der Waals surface area contributed by atoms with Crippen LogP contribution in [0.2, 0.25) is 0 Å². The largest absolute Gasteiger partial charge is 0.377 e. The van der Waals surface area contributed by atoms with Gasteiger partial charge < -0.3 is 9.64 Å². The second-order valence-electron chi connectivity index (χ2n) is 6.70. The number of hydrogen-bond acceptors (Lipinski definition) is 5. The highest BCUT2D eigenvalue weighted by atomic mass is 16.5. The molecule has 0 N–H and O–H groups in total. The molecule has 2 aliphatic heterocycles. The van der Waals surface area contributed by atoms with Gasteiger partial charge >= 0.3 is 0 Å². The van der Waals surface area contributed by atoms with Gasteiger partial charge in [-0.25, -0.2) is 0 Å². The zero-order valence-corrected chi connectivity index (χ0v) is 13.9. The van der Waals surface area contributed by atoms with Crippen molar-refractivity contribution in [3.63, 3.8) is 0 Å². The van der Waals surface area contributed by atoms with Crippen LogP contribution < -0.4 is 4.90 Å². The van der Waals surface area contributed by atoms with Gasteiger partial charge in [-0.2, -0.15) is 5.10 Å². The third kappa shape index (κ3) is 3.96. The van der Waals surface area contributed by atoms with Crippen molar-refractivity contribution in [2.24, 2.45) is 0 Å². The molecule has 1 aromatic heterocycles. The molecule has 2 fully saturated rings. The lowest BCUT2D eigenvalue weighted by Crippen LogP contribution is -2.49. The highest BCUT2D eigenvalue weighted by Crippen LogP contribution is 2.21. The molecule has 0 aliphatic carbocycles. The van der Waals surface area contributed by atoms with E-state index in [2.05, 4.69) is 33.1 Å². The number of anilines is 1. The first-order valence-electron chi connectivity index (χ1n) is 8.59. The Labute approximate surface area is 133 Å². The first kappa shape index (κ1) is 15.7. The number of piperidine rings is 1. The third-order valence-corrected chi connectivity index (χ3v) is 4.89. The van der Waals surface area contributed by atoms with E-state index in [1.54, 1.807) is 0 Å². The fourth-order valence-electron chi connectivity index (χ4n) is 3.50. The van der Waals surface area contributed by atoms with Gasteiger partial charge in [0, 0.05) is 32.3 Å². The second kappa shape index (κ2) is 7.38. The molecule has 0 unspecified atom stereocenters. The minimum absolute atomic E-state index is 0.424. The fraction of sp³-hybridized carbons (Fsp3) is 0.765. The summed E-state index contributed by atoms with van der Waals surface area (Å²) in [6.07, 6.45) is 6.66. The molecule has 2 saturated heterocycles. The van der Waals surface area contributed by atoms with Crippen molar-refractivity contribution in [1.82, 2.24) is 15.1 Å². The van der Waals surface area contributed by atoms with Crippen LogP contribution in [-0.2, 0) is 4.74 Å². The van der Waals surface area contributed by atoms with Crippen LogP contribution in [0.3, 0.4) is 0 Å². The Morgan fingerprint density at radius 3 is 2.86 bits per heavy atom. The van der Waals surface area contributed by atoms with Crippen molar-refractivity contribution in [2.75, 3.05) is 38.2 Å². The number of aryl methyl sites for hydroxylation is 1. The number of nitrogens with zero attached hydrogens (tertiary/aromatic N) is 4. The van der Waals surface area contributed by atoms with E-state index >= 15 is 0 Å². The molecule has 1 aromatic rings. The molecule has 122 valence electrons. The number of rotatable bonds is 4. The summed E-state index contributed by atoms with van der Waals surface area (Å²) in [4.78, 5) is 4.86. The lowest BCUT2D eigenvalue weighted by molar-refractivity contribution is -0.00908. The fourth-order valence-corrected chi connectivity index (χ4v) is 3.50. The maximum atomic E-state index is 5.89. The first-order valence-corrected chi connectivity index (χ1v) is 8.59. The first-order chi connectivity index (χ1) is 10.7. The lowest BCUT2D eigenvalue weighted by atomic mass is 10.0. The molecule has 3 rings (SSSR count). The summed E-state index contributed by atoms with van der Waals surface area (Å²) < 4.78 is 5.89. The number of hydrogen-bond donors (Lipinski definition) is 0. The van der Waals surface area contributed by atoms with Crippen LogP contribution in [0.15, 0.2) is 12.1 Å². The van der Waals surface area contributed by atoms with E-state index in [1.165, 1.54) is 32.1 Å². The molecule has 22 heavy (non-hydrogen) atoms. The van der Waals surface area contributed by atoms with Crippen LogP contribution in [0.4, 0.5) is 5.82 Å². The molecule has 5 nitrogen and oxygen atoms in total. The molecular weight excluding hydrogens is 276 g/mol. The Morgan fingerprint density at radius 1 is 1.23 bits per heavy atom. The quantitative estimate of drug-likeness (QED) is 0.853. The highest BCUT2D eigenvalue weighted by molar-refractivity contribution is 5.38. The van der Waals surface area contributed by atoms with Gasteiger partial charge in [-0.15, -0.1) is 5.10 Å². The van der Waals surface area contributed by atoms with Crippen molar-refractivity contribution in [2.45, 2.75) is 51.2 Å². The van der Waals surface area contributed by atoms with E-state index in [0.29, 0.717) is 12.1 Å². The van der Waals surface area contributed by atoms with E-state index in [1.807, 2.05) is 13.0 Å². The van der Waals surface area contributed by atoms with Gasteiger partial charge in [0.1, 0.15) is 0 Å². The van der Waals surface area contributed by atoms with Crippen LogP contribution in [0.25, 0.3) is 0 Å². The molecule has 2 atom stereocenters. The van der Waals surface area contributed by atoms with Crippen LogP contribution in [0.1, 0.15) is 37.8 Å². The van der Waals surface area contributed by atoms with Crippen LogP contribution in [-0.4, -0.2) is 60.5 Å². The van der Waals surface area contributed by atoms with Crippen molar-refractivity contribution in [3.05, 3.63) is 17.8 Å². The maximum absolute atomic E-state index is 5.89.